The van der Waals surface area contributed by atoms with Gasteiger partial charge in [0.25, 0.3) is 5.91 Å². The van der Waals surface area contributed by atoms with Gasteiger partial charge in [0, 0.05) is 10.9 Å². The number of nitrogens with zero attached hydrogens (tertiary/aromatic N) is 2. The van der Waals surface area contributed by atoms with Crippen molar-refractivity contribution in [3.63, 3.8) is 0 Å². The van der Waals surface area contributed by atoms with Crippen LogP contribution in [0.2, 0.25) is 0 Å². The average Bonchev–Trinajstić information content (AvgIpc) is 3.35. The summed E-state index contributed by atoms with van der Waals surface area (Å²) in [6.45, 7) is 1.33. The van der Waals surface area contributed by atoms with Gasteiger partial charge in [-0.25, -0.2) is 14.2 Å². The Hall–Kier alpha value is -2.81. The number of nitrogens with one attached hydrogen (secondary N) is 2. The summed E-state index contributed by atoms with van der Waals surface area (Å²) >= 11 is 1.18. The smallest absolute Gasteiger partial charge is 0.323 e. The van der Waals surface area contributed by atoms with Gasteiger partial charge in [-0.3, -0.25) is 14.5 Å². The molecule has 0 bridgehead atoms. The Morgan fingerprint density at radius 2 is 2.22 bits per heavy atom. The van der Waals surface area contributed by atoms with Crippen LogP contribution in [0.15, 0.2) is 29.6 Å². The molecule has 1 aliphatic carbocycles. The van der Waals surface area contributed by atoms with Gasteiger partial charge in [0.05, 0.1) is 5.69 Å². The van der Waals surface area contributed by atoms with E-state index in [1.54, 1.807) is 24.4 Å². The summed E-state index contributed by atoms with van der Waals surface area (Å²) in [5.74, 6) is -1.12. The van der Waals surface area contributed by atoms with Gasteiger partial charge in [-0.2, -0.15) is 0 Å². The summed E-state index contributed by atoms with van der Waals surface area (Å²) in [5, 5.41) is 7.30. The lowest BCUT2D eigenvalue weighted by atomic mass is 9.96. The van der Waals surface area contributed by atoms with Gasteiger partial charge in [0.1, 0.15) is 17.9 Å². The Bertz CT molecular complexity index is 942. The summed E-state index contributed by atoms with van der Waals surface area (Å²) in [4.78, 5) is 42.1. The second-order valence-electron chi connectivity index (χ2n) is 6.89. The number of amides is 4. The molecule has 4 amide bonds. The number of urea groups is 1. The van der Waals surface area contributed by atoms with Crippen molar-refractivity contribution >= 4 is 34.3 Å². The molecule has 27 heavy (non-hydrogen) atoms. The topological polar surface area (TPSA) is 91.4 Å². The van der Waals surface area contributed by atoms with Gasteiger partial charge in [-0.05, 0) is 37.8 Å². The molecule has 2 aromatic rings. The quantitative estimate of drug-likeness (QED) is 0.771. The Kier molecular flexibility index (Phi) is 4.18. The molecule has 1 aromatic heterocycles. The third kappa shape index (κ3) is 3.30. The molecule has 0 spiro atoms. The van der Waals surface area contributed by atoms with Crippen LogP contribution in [-0.2, 0) is 9.59 Å². The van der Waals surface area contributed by atoms with Crippen LogP contribution in [0.4, 0.5) is 14.3 Å². The number of hydrogen-bond donors (Lipinski definition) is 2. The van der Waals surface area contributed by atoms with Crippen molar-refractivity contribution in [2.75, 3.05) is 11.9 Å². The van der Waals surface area contributed by atoms with Crippen molar-refractivity contribution in [2.45, 2.75) is 25.3 Å². The number of thiazole rings is 1. The van der Waals surface area contributed by atoms with E-state index in [1.807, 2.05) is 0 Å². The van der Waals surface area contributed by atoms with E-state index in [9.17, 15) is 18.8 Å². The van der Waals surface area contributed by atoms with Crippen molar-refractivity contribution in [3.8, 4) is 11.3 Å². The molecule has 1 saturated heterocycles. The third-order valence-corrected chi connectivity index (χ3v) is 5.63. The zero-order valence-corrected chi connectivity index (χ0v) is 15.3. The van der Waals surface area contributed by atoms with Crippen LogP contribution in [0.5, 0.6) is 0 Å². The van der Waals surface area contributed by atoms with Crippen LogP contribution in [0, 0.1) is 11.7 Å². The normalized spacial score (nSPS) is 22.1. The molecule has 2 N–H and O–H groups in total. The molecule has 2 aliphatic rings. The van der Waals surface area contributed by atoms with Crippen molar-refractivity contribution < 1.29 is 18.8 Å². The lowest BCUT2D eigenvalue weighted by Crippen LogP contribution is -2.46. The Morgan fingerprint density at radius 3 is 2.93 bits per heavy atom. The lowest BCUT2D eigenvalue weighted by Gasteiger charge is -2.20. The fourth-order valence-corrected chi connectivity index (χ4v) is 3.95. The van der Waals surface area contributed by atoms with E-state index >= 15 is 0 Å². The number of halogens is 1. The van der Waals surface area contributed by atoms with Gasteiger partial charge in [-0.15, -0.1) is 11.3 Å². The minimum Gasteiger partial charge on any atom is -0.323 e. The third-order valence-electron chi connectivity index (χ3n) is 4.87. The first kappa shape index (κ1) is 17.6. The summed E-state index contributed by atoms with van der Waals surface area (Å²) in [6.07, 6.45) is 1.79. The average molecular weight is 388 g/mol. The number of rotatable bonds is 5. The fourth-order valence-electron chi connectivity index (χ4n) is 3.21. The molecule has 2 fully saturated rings. The van der Waals surface area contributed by atoms with E-state index in [4.69, 9.17) is 0 Å². The summed E-state index contributed by atoms with van der Waals surface area (Å²) < 4.78 is 13.3. The number of aromatic nitrogens is 1. The molecule has 1 aliphatic heterocycles. The van der Waals surface area contributed by atoms with E-state index in [1.165, 1.54) is 23.5 Å². The first-order valence-corrected chi connectivity index (χ1v) is 9.40. The van der Waals surface area contributed by atoms with Crippen LogP contribution < -0.4 is 10.6 Å². The number of carbonyl (C=O) groups excluding carboxylic acids is 3. The molecule has 0 radical (unpaired) electrons. The lowest BCUT2D eigenvalue weighted by molar-refractivity contribution is -0.134. The van der Waals surface area contributed by atoms with Crippen molar-refractivity contribution in [1.29, 1.82) is 0 Å². The second kappa shape index (κ2) is 6.41. The predicted octanol–water partition coefficient (Wildman–Crippen LogP) is 2.61. The van der Waals surface area contributed by atoms with Gasteiger partial charge in [0.2, 0.25) is 5.91 Å². The standard InChI is InChI=1S/C18H17FN4O3S/c1-18(11-5-6-11)15(25)23(17(26)22-18)8-14(24)21-16-20-13(9-27-16)10-3-2-4-12(19)7-10/h2-4,7,9,11H,5-6,8H2,1H3,(H,22,26)(H,20,21,24). The summed E-state index contributed by atoms with van der Waals surface area (Å²) in [6, 6.07) is 5.44. The van der Waals surface area contributed by atoms with Crippen LogP contribution in [0.3, 0.4) is 0 Å². The van der Waals surface area contributed by atoms with Crippen molar-refractivity contribution in [2.24, 2.45) is 5.92 Å². The Labute approximate surface area is 158 Å². The highest BCUT2D eigenvalue weighted by Gasteiger charge is 2.56. The number of anilines is 1. The molecule has 1 aromatic carbocycles. The Morgan fingerprint density at radius 1 is 1.44 bits per heavy atom. The monoisotopic (exact) mass is 388 g/mol. The van der Waals surface area contributed by atoms with Crippen molar-refractivity contribution in [1.82, 2.24) is 15.2 Å². The zero-order valence-electron chi connectivity index (χ0n) is 14.5. The first-order chi connectivity index (χ1) is 12.9. The second-order valence-corrected chi connectivity index (χ2v) is 7.75. The number of hydrogen-bond acceptors (Lipinski definition) is 5. The largest absolute Gasteiger partial charge is 0.325 e. The van der Waals surface area contributed by atoms with Gasteiger partial charge < -0.3 is 10.6 Å². The van der Waals surface area contributed by atoms with E-state index in [0.29, 0.717) is 16.4 Å². The summed E-state index contributed by atoms with van der Waals surface area (Å²) in [5.41, 5.74) is 0.218. The maximum absolute atomic E-state index is 13.3. The van der Waals surface area contributed by atoms with Crippen molar-refractivity contribution in [3.05, 3.63) is 35.5 Å². The molecular weight excluding hydrogens is 371 g/mol. The molecule has 9 heteroatoms. The van der Waals surface area contributed by atoms with Crippen LogP contribution >= 0.6 is 11.3 Å². The van der Waals surface area contributed by atoms with Crippen LogP contribution in [0.25, 0.3) is 11.3 Å². The SMILES string of the molecule is CC1(C2CC2)NC(=O)N(CC(=O)Nc2nc(-c3cccc(F)c3)cs2)C1=O. The number of imide groups is 1. The molecule has 140 valence electrons. The van der Waals surface area contributed by atoms with Crippen LogP contribution in [0.1, 0.15) is 19.8 Å². The minimum atomic E-state index is -0.914. The maximum atomic E-state index is 13.3. The molecule has 7 nitrogen and oxygen atoms in total. The molecular formula is C18H17FN4O3S. The van der Waals surface area contributed by atoms with E-state index in [0.717, 1.165) is 17.7 Å². The highest BCUT2D eigenvalue weighted by molar-refractivity contribution is 7.14. The number of carbonyl (C=O) groups is 3. The number of benzene rings is 1. The Balaban J connectivity index is 1.41. The highest BCUT2D eigenvalue weighted by Crippen LogP contribution is 2.42. The highest BCUT2D eigenvalue weighted by atomic mass is 32.1. The molecule has 1 unspecified atom stereocenters. The molecule has 2 heterocycles. The predicted molar refractivity (Wildman–Crippen MR) is 97.5 cm³/mol. The van der Waals surface area contributed by atoms with Gasteiger partial charge in [-0.1, -0.05) is 12.1 Å². The van der Waals surface area contributed by atoms with E-state index in [-0.39, 0.29) is 24.2 Å². The minimum absolute atomic E-state index is 0.134. The van der Waals surface area contributed by atoms with Gasteiger partial charge in [0.15, 0.2) is 5.13 Å². The molecule has 1 saturated carbocycles. The first-order valence-electron chi connectivity index (χ1n) is 8.52. The summed E-state index contributed by atoms with van der Waals surface area (Å²) in [7, 11) is 0. The van der Waals surface area contributed by atoms with Gasteiger partial charge >= 0.3 is 6.03 Å². The fraction of sp³-hybridized carbons (Fsp3) is 0.333. The molecule has 4 rings (SSSR count). The van der Waals surface area contributed by atoms with E-state index < -0.39 is 17.5 Å². The van der Waals surface area contributed by atoms with Crippen LogP contribution in [-0.4, -0.2) is 39.8 Å². The zero-order chi connectivity index (χ0) is 19.2. The van der Waals surface area contributed by atoms with E-state index in [2.05, 4.69) is 15.6 Å². The molecule has 1 atom stereocenters. The maximum Gasteiger partial charge on any atom is 0.325 e.